The number of aryl methyl sites for hydroxylation is 2. The average Bonchev–Trinajstić information content (AvgIpc) is 3.63. The van der Waals surface area contributed by atoms with Gasteiger partial charge in [0, 0.05) is 43.8 Å². The van der Waals surface area contributed by atoms with Crippen molar-refractivity contribution in [2.75, 3.05) is 23.6 Å². The molecule has 0 atom stereocenters. The first-order chi connectivity index (χ1) is 21.1. The number of benzene rings is 1. The number of pyridine rings is 1. The molecule has 0 fully saturated rings. The molecule has 3 amide bonds. The Bertz CT molecular complexity index is 1680. The zero-order valence-corrected chi connectivity index (χ0v) is 24.5. The van der Waals surface area contributed by atoms with E-state index in [-0.39, 0.29) is 40.1 Å². The molecule has 14 nitrogen and oxygen atoms in total. The number of hydrogen-bond donors (Lipinski definition) is 3. The number of rotatable bonds is 10. The monoisotopic (exact) mass is 601 g/mol. The van der Waals surface area contributed by atoms with Gasteiger partial charge >= 0.3 is 12.1 Å². The summed E-state index contributed by atoms with van der Waals surface area (Å²) in [6, 6.07) is 9.07. The number of ether oxygens (including phenoxy) is 2. The molecule has 0 bridgehead atoms. The summed E-state index contributed by atoms with van der Waals surface area (Å²) < 4.78 is 16.7. The SMILES string of the molecule is CCCNC(=O)c1cn(C)c(C(=N)N(C(=O)OCOC(=O)c2cccnc2)c2cc(C(=O)Nc3ccon3)ccc2C)c1C. The molecule has 3 N–H and O–H groups in total. The third kappa shape index (κ3) is 6.98. The standard InChI is InChI=1S/C30H31N7O7/c1-5-11-33-28(39)22-16-36(4)25(19(22)3)26(31)37(30(41)43-17-42-29(40)21-7-6-12-32-15-21)23-14-20(9-8-18(23)2)27(38)34-24-10-13-44-35-24/h6-10,12-16,31H,5,11,17H2,1-4H3,(H,33,39)(H,34,35,38). The van der Waals surface area contributed by atoms with Crippen molar-refractivity contribution in [2.45, 2.75) is 27.2 Å². The van der Waals surface area contributed by atoms with Crippen LogP contribution in [0.25, 0.3) is 0 Å². The third-order valence-electron chi connectivity index (χ3n) is 6.51. The number of esters is 1. The van der Waals surface area contributed by atoms with Gasteiger partial charge in [-0.15, -0.1) is 0 Å². The maximum Gasteiger partial charge on any atom is 0.423 e. The van der Waals surface area contributed by atoms with Crippen LogP contribution in [0.15, 0.2) is 65.8 Å². The van der Waals surface area contributed by atoms with Gasteiger partial charge in [-0.05, 0) is 55.7 Å². The molecule has 4 rings (SSSR count). The molecule has 0 spiro atoms. The van der Waals surface area contributed by atoms with Crippen LogP contribution in [0.3, 0.4) is 0 Å². The van der Waals surface area contributed by atoms with Crippen LogP contribution in [0.1, 0.15) is 61.2 Å². The Labute approximate surface area is 252 Å². The minimum absolute atomic E-state index is 0.143. The maximum absolute atomic E-state index is 13.6. The number of anilines is 2. The van der Waals surface area contributed by atoms with Crippen molar-refractivity contribution in [2.24, 2.45) is 7.05 Å². The summed E-state index contributed by atoms with van der Waals surface area (Å²) in [4.78, 5) is 56.5. The van der Waals surface area contributed by atoms with Gasteiger partial charge < -0.3 is 29.2 Å². The molecular formula is C30H31N7O7. The molecule has 0 unspecified atom stereocenters. The topological polar surface area (TPSA) is 182 Å². The Morgan fingerprint density at radius 2 is 1.86 bits per heavy atom. The minimum atomic E-state index is -1.07. The van der Waals surface area contributed by atoms with Crippen molar-refractivity contribution >= 4 is 41.2 Å². The van der Waals surface area contributed by atoms with E-state index in [1.54, 1.807) is 49.9 Å². The first-order valence-electron chi connectivity index (χ1n) is 13.5. The highest BCUT2D eigenvalue weighted by molar-refractivity contribution is 6.22. The number of aromatic nitrogens is 3. The number of amidine groups is 1. The second-order valence-corrected chi connectivity index (χ2v) is 9.61. The van der Waals surface area contributed by atoms with Crippen LogP contribution in [0.4, 0.5) is 16.3 Å². The summed E-state index contributed by atoms with van der Waals surface area (Å²) in [6.45, 7) is 4.99. The van der Waals surface area contributed by atoms with Crippen molar-refractivity contribution in [3.8, 4) is 0 Å². The molecule has 3 heterocycles. The second-order valence-electron chi connectivity index (χ2n) is 9.61. The highest BCUT2D eigenvalue weighted by Gasteiger charge is 2.30. The quantitative estimate of drug-likeness (QED) is 0.104. The van der Waals surface area contributed by atoms with Crippen LogP contribution < -0.4 is 15.5 Å². The number of hydrogen-bond acceptors (Lipinski definition) is 10. The summed E-state index contributed by atoms with van der Waals surface area (Å²) in [5.41, 5.74) is 1.98. The molecule has 4 aromatic rings. The van der Waals surface area contributed by atoms with Crippen LogP contribution in [0.5, 0.6) is 0 Å². The highest BCUT2D eigenvalue weighted by atomic mass is 16.7. The summed E-state index contributed by atoms with van der Waals surface area (Å²) in [5, 5.41) is 18.2. The third-order valence-corrected chi connectivity index (χ3v) is 6.51. The van der Waals surface area contributed by atoms with E-state index in [1.807, 2.05) is 6.92 Å². The number of carbonyl (C=O) groups is 4. The molecule has 0 aliphatic heterocycles. The minimum Gasteiger partial charge on any atom is -0.424 e. The van der Waals surface area contributed by atoms with E-state index in [1.165, 1.54) is 36.9 Å². The smallest absolute Gasteiger partial charge is 0.423 e. The maximum atomic E-state index is 13.6. The molecule has 228 valence electrons. The molecule has 0 aliphatic rings. The van der Waals surface area contributed by atoms with Gasteiger partial charge in [0.15, 0.2) is 11.7 Å². The van der Waals surface area contributed by atoms with Gasteiger partial charge in [0.1, 0.15) is 6.26 Å². The van der Waals surface area contributed by atoms with Gasteiger partial charge in [0.05, 0.1) is 22.5 Å². The lowest BCUT2D eigenvalue weighted by Gasteiger charge is -2.25. The Kier molecular flexibility index (Phi) is 9.85. The van der Waals surface area contributed by atoms with E-state index < -0.39 is 24.8 Å². The highest BCUT2D eigenvalue weighted by Crippen LogP contribution is 2.27. The Morgan fingerprint density at radius 1 is 1.07 bits per heavy atom. The Hall–Kier alpha value is -5.79. The fraction of sp³-hybridized carbons (Fsp3) is 0.233. The lowest BCUT2D eigenvalue weighted by Crippen LogP contribution is -2.40. The van der Waals surface area contributed by atoms with Crippen LogP contribution in [-0.2, 0) is 16.5 Å². The molecule has 0 saturated carbocycles. The van der Waals surface area contributed by atoms with Crippen LogP contribution in [0.2, 0.25) is 0 Å². The summed E-state index contributed by atoms with van der Waals surface area (Å²) in [6.07, 6.45) is 5.34. The van der Waals surface area contributed by atoms with Gasteiger partial charge in [-0.2, -0.15) is 0 Å². The fourth-order valence-corrected chi connectivity index (χ4v) is 4.29. The van der Waals surface area contributed by atoms with E-state index in [0.717, 1.165) is 11.3 Å². The fourth-order valence-electron chi connectivity index (χ4n) is 4.29. The molecule has 0 saturated heterocycles. The lowest BCUT2D eigenvalue weighted by atomic mass is 10.1. The predicted octanol–water partition coefficient (Wildman–Crippen LogP) is 4.20. The van der Waals surface area contributed by atoms with E-state index in [2.05, 4.69) is 20.8 Å². The van der Waals surface area contributed by atoms with Crippen molar-refractivity contribution in [3.05, 3.63) is 94.8 Å². The van der Waals surface area contributed by atoms with E-state index in [9.17, 15) is 19.2 Å². The summed E-state index contributed by atoms with van der Waals surface area (Å²) in [5.74, 6) is -1.80. The van der Waals surface area contributed by atoms with Crippen LogP contribution in [-0.4, -0.2) is 57.8 Å². The predicted molar refractivity (Wildman–Crippen MR) is 159 cm³/mol. The van der Waals surface area contributed by atoms with E-state index >= 15 is 0 Å². The number of nitrogens with one attached hydrogen (secondary N) is 3. The van der Waals surface area contributed by atoms with Crippen molar-refractivity contribution < 1.29 is 33.2 Å². The van der Waals surface area contributed by atoms with Gasteiger partial charge in [-0.25, -0.2) is 14.5 Å². The molecular weight excluding hydrogens is 570 g/mol. The first-order valence-corrected chi connectivity index (χ1v) is 13.5. The van der Waals surface area contributed by atoms with Crippen LogP contribution in [0, 0.1) is 19.3 Å². The molecule has 44 heavy (non-hydrogen) atoms. The zero-order valence-electron chi connectivity index (χ0n) is 24.5. The number of amides is 3. The number of nitrogens with zero attached hydrogens (tertiary/aromatic N) is 4. The van der Waals surface area contributed by atoms with Crippen molar-refractivity contribution in [1.82, 2.24) is 20.0 Å². The van der Waals surface area contributed by atoms with Gasteiger partial charge in [0.25, 0.3) is 11.8 Å². The summed E-state index contributed by atoms with van der Waals surface area (Å²) >= 11 is 0. The molecule has 0 radical (unpaired) electrons. The number of carbonyl (C=O) groups excluding carboxylic acids is 4. The molecule has 1 aromatic carbocycles. The Balaban J connectivity index is 1.68. The molecule has 3 aromatic heterocycles. The molecule has 14 heteroatoms. The normalized spacial score (nSPS) is 10.5. The Morgan fingerprint density at radius 3 is 2.55 bits per heavy atom. The van der Waals surface area contributed by atoms with Crippen LogP contribution >= 0.6 is 0 Å². The average molecular weight is 602 g/mol. The van der Waals surface area contributed by atoms with Crippen molar-refractivity contribution in [3.63, 3.8) is 0 Å². The van der Waals surface area contributed by atoms with Gasteiger partial charge in [-0.1, -0.05) is 18.1 Å². The first kappa shape index (κ1) is 31.2. The van der Waals surface area contributed by atoms with Gasteiger partial charge in [-0.3, -0.25) is 20.0 Å². The van der Waals surface area contributed by atoms with Crippen molar-refractivity contribution in [1.29, 1.82) is 5.41 Å². The zero-order chi connectivity index (χ0) is 31.8. The molecule has 0 aliphatic carbocycles. The van der Waals surface area contributed by atoms with Gasteiger partial charge in [0.2, 0.25) is 6.79 Å². The second kappa shape index (κ2) is 13.9. The van der Waals surface area contributed by atoms with E-state index in [4.69, 9.17) is 19.4 Å². The summed E-state index contributed by atoms with van der Waals surface area (Å²) in [7, 11) is 1.64. The lowest BCUT2D eigenvalue weighted by molar-refractivity contribution is 0.0000556. The van der Waals surface area contributed by atoms with E-state index in [0.29, 0.717) is 23.2 Å². The largest absolute Gasteiger partial charge is 0.424 e.